The number of hydrogen-bond acceptors (Lipinski definition) is 2. The van der Waals surface area contributed by atoms with Crippen molar-refractivity contribution in [3.8, 4) is 11.5 Å². The third-order valence-corrected chi connectivity index (χ3v) is 46.2. The van der Waals surface area contributed by atoms with Crippen molar-refractivity contribution in [3.05, 3.63) is 630 Å². The van der Waals surface area contributed by atoms with Crippen molar-refractivity contribution in [2.24, 2.45) is 0 Å². The number of fused-ring (bicyclic) bond motifs is 3. The largest absolute Gasteiger partial charge is 0.497 e. The van der Waals surface area contributed by atoms with Gasteiger partial charge in [-0.05, 0) is 338 Å². The molecule has 708 valence electrons. The molecular weight excluding hydrogens is 2750 g/mol. The lowest BCUT2D eigenvalue weighted by Gasteiger charge is -2.03. The number of halogens is 9. The fourth-order valence-corrected chi connectivity index (χ4v) is 34.7. The molecule has 21 rings (SSSR count). The Labute approximate surface area is 937 Å². The van der Waals surface area contributed by atoms with Gasteiger partial charge in [-0.2, -0.15) is 0 Å². The zero-order chi connectivity index (χ0) is 99.1. The second-order valence-corrected chi connectivity index (χ2v) is 59.8. The molecule has 0 saturated carbocycles. The molecule has 2 nitrogen and oxygen atoms in total. The molecular formula is C131H118I9O2+9. The van der Waals surface area contributed by atoms with Gasteiger partial charge in [0, 0.05) is 16.2 Å². The van der Waals surface area contributed by atoms with Crippen LogP contribution in [-0.4, -0.2) is 14.2 Å². The summed E-state index contributed by atoms with van der Waals surface area (Å²) in [4.78, 5) is 0. The summed E-state index contributed by atoms with van der Waals surface area (Å²) in [5.74, 6) is 1.85. The summed E-state index contributed by atoms with van der Waals surface area (Å²) in [5, 5.41) is 8.44. The van der Waals surface area contributed by atoms with Gasteiger partial charge in [0.05, 0.1) is 14.2 Å². The molecule has 0 fully saturated rings. The molecule has 0 spiro atoms. The van der Waals surface area contributed by atoms with E-state index in [1.165, 1.54) is 147 Å². The van der Waals surface area contributed by atoms with E-state index in [2.05, 4.69) is 554 Å². The molecule has 0 unspecified atom stereocenters. The van der Waals surface area contributed by atoms with E-state index < -0.39 is 0 Å². The Kier molecular flexibility index (Phi) is 47.3. The van der Waals surface area contributed by atoms with E-state index in [1.54, 1.807) is 14.2 Å². The molecule has 11 heteroatoms. The van der Waals surface area contributed by atoms with Gasteiger partial charge in [-0.3, -0.25) is 0 Å². The normalized spacial score (nSPS) is 10.3. The maximum absolute atomic E-state index is 5.13. The zero-order valence-electron chi connectivity index (χ0n) is 81.8. The Morgan fingerprint density at radius 3 is 0.437 bits per heavy atom. The van der Waals surface area contributed by atoms with Crippen LogP contribution in [0.2, 0.25) is 0 Å². The summed E-state index contributed by atoms with van der Waals surface area (Å²) in [6, 6.07) is 185. The minimum Gasteiger partial charge on any atom is -0.497 e. The third kappa shape index (κ3) is 38.5. The monoisotopic (exact) mass is 2870 g/mol. The van der Waals surface area contributed by atoms with Crippen LogP contribution in [-0.2, 0) is 0 Å². The highest BCUT2D eigenvalue weighted by Gasteiger charge is 2.26. The molecule has 21 aromatic rings. The molecule has 0 aliphatic carbocycles. The Bertz CT molecular complexity index is 6780. The molecule has 0 aliphatic heterocycles. The lowest BCUT2D eigenvalue weighted by molar-refractivity contribution is -0.597. The average molecular weight is 2870 g/mol. The minimum absolute atomic E-state index is 0.00313. The number of rotatable bonds is 20. The summed E-state index contributed by atoms with van der Waals surface area (Å²) >= 11 is -0.311. The number of methoxy groups -OCH3 is 2. The molecule has 0 radical (unpaired) electrons. The van der Waals surface area contributed by atoms with E-state index in [-0.39, 0.29) is 191 Å². The van der Waals surface area contributed by atoms with Crippen LogP contribution in [0.15, 0.2) is 516 Å². The molecule has 0 heterocycles. The van der Waals surface area contributed by atoms with Gasteiger partial charge in [0.25, 0.3) is 0 Å². The van der Waals surface area contributed by atoms with Crippen LogP contribution >= 0.6 is 0 Å². The van der Waals surface area contributed by atoms with Crippen molar-refractivity contribution in [1.82, 2.24) is 0 Å². The topological polar surface area (TPSA) is 18.5 Å². The van der Waals surface area contributed by atoms with Gasteiger partial charge < -0.3 is 9.47 Å². The van der Waals surface area contributed by atoms with E-state index >= 15 is 0 Å². The quantitative estimate of drug-likeness (QED) is 0.104. The highest BCUT2D eigenvalue weighted by atomic mass is 127. The van der Waals surface area contributed by atoms with Gasteiger partial charge in [0.15, 0.2) is 53.6 Å². The first kappa shape index (κ1) is 110. The molecule has 0 atom stereocenters. The molecule has 0 aromatic heterocycles. The minimum atomic E-state index is -0.201. The van der Waals surface area contributed by atoms with Gasteiger partial charge in [0.1, 0.15) is 11.5 Å². The van der Waals surface area contributed by atoms with Crippen LogP contribution in [0.1, 0.15) is 50.1 Å². The first-order valence-corrected chi connectivity index (χ1v) is 66.2. The highest BCUT2D eigenvalue weighted by molar-refractivity contribution is 5.87. The number of benzene rings is 21. The summed E-state index contributed by atoms with van der Waals surface area (Å²) in [5.41, 5.74) is 12.1. The van der Waals surface area contributed by atoms with Gasteiger partial charge in [-0.25, -0.2) is 0 Å². The lowest BCUT2D eigenvalue weighted by atomic mass is 10.1. The number of ether oxygens (including phenoxy) is 2. The van der Waals surface area contributed by atoms with Gasteiger partial charge in [0.2, 0.25) is 10.7 Å². The van der Waals surface area contributed by atoms with Crippen LogP contribution in [0.25, 0.3) is 32.3 Å². The first-order chi connectivity index (χ1) is 69.5. The molecule has 0 bridgehead atoms. The van der Waals surface area contributed by atoms with Crippen molar-refractivity contribution in [3.63, 3.8) is 0 Å². The van der Waals surface area contributed by atoms with Crippen molar-refractivity contribution in [2.45, 2.75) is 62.3 Å². The van der Waals surface area contributed by atoms with Gasteiger partial charge in [-0.15, -0.1) is 0 Å². The Morgan fingerprint density at radius 2 is 0.261 bits per heavy atom. The second kappa shape index (κ2) is 61.1. The average Bonchev–Trinajstić information content (AvgIpc) is 0.786. The van der Waals surface area contributed by atoms with Crippen LogP contribution < -0.4 is 200 Å². The SMILES string of the molecule is COc1ccc([I+]c2ccccc2)cc1.COc1ccc([I+]c2ccccc2)cc1.Cc1ccc([I+]c2ccc(C)c3ccccc23)c2ccccc12.Cc1ccc([I+]c2ccc(C)cc2)cc1.Cc1ccc([I+]c2ccc(C)cc2)cc1.Cc1ccc([I+]c2ccccc2)c2ccccc12.Cc1ccc([I+]c2ccccc2)cc1.Cc1ccc([I+]c2ccccc2)cc1.c1ccc([I+]c2ccccc2)cc1. The Balaban J connectivity index is 0.000000135. The van der Waals surface area contributed by atoms with Crippen LogP contribution in [0.3, 0.4) is 0 Å². The van der Waals surface area contributed by atoms with Crippen LogP contribution in [0.4, 0.5) is 0 Å². The van der Waals surface area contributed by atoms with Gasteiger partial charge in [-0.1, -0.05) is 306 Å². The van der Waals surface area contributed by atoms with Crippen molar-refractivity contribution in [2.75, 3.05) is 14.2 Å². The Hall–Kier alpha value is -9.43. The fraction of sp³-hybridized carbons (Fsp3) is 0.0840. The van der Waals surface area contributed by atoms with Crippen LogP contribution in [0.5, 0.6) is 11.5 Å². The van der Waals surface area contributed by atoms with Crippen molar-refractivity contribution >= 4 is 32.3 Å². The van der Waals surface area contributed by atoms with Crippen molar-refractivity contribution < 1.29 is 200 Å². The standard InChI is InChI=1S/C22H18I.C17H14I.2C14H14I.2C13H12IO.2C13H12I.C12H10I/c1-15-11-13-21(19-9-5-3-7-17(15)19)23-22-14-12-16(2)18-8-4-6-10-20(18)22;1-13-11-12-17(16-10-6-5-9-15(13)16)18-14-7-3-2-4-8-14;2*1-11-3-7-13(8-4-11)15-14-9-5-12(2)6-10-14;2*1-15-13-9-7-12(8-10-13)14-11-5-3-2-4-6-11;2*1-11-7-9-13(10-8-11)14-12-5-3-2-4-6-12;1-3-7-11(8-4-1)13-12-9-5-2-6-10-12/h3-14H,1-2H3;2-12H,1H3;2*3-10H,1-2H3;2*2-10H,1H3;2*2-10H,1H3;1-10H/q9*+1. The maximum Gasteiger partial charge on any atom is 0.359 e. The molecule has 0 saturated heterocycles. The highest BCUT2D eigenvalue weighted by Crippen LogP contribution is 2.21. The van der Waals surface area contributed by atoms with Gasteiger partial charge >= 0.3 is 191 Å². The summed E-state index contributed by atoms with van der Waals surface area (Å²) < 4.78 is 36.9. The maximum atomic E-state index is 5.13. The molecule has 142 heavy (non-hydrogen) atoms. The van der Waals surface area contributed by atoms with E-state index in [0.717, 1.165) is 11.5 Å². The summed E-state index contributed by atoms with van der Waals surface area (Å²) in [6.45, 7) is 19.4. The first-order valence-electron chi connectivity index (χ1n) is 46.8. The molecule has 0 amide bonds. The van der Waals surface area contributed by atoms with E-state index in [4.69, 9.17) is 9.47 Å². The molecule has 0 aliphatic rings. The van der Waals surface area contributed by atoms with E-state index in [0.29, 0.717) is 0 Å². The predicted octanol–water partition coefficient (Wildman–Crippen LogP) is 4.59. The van der Waals surface area contributed by atoms with Crippen LogP contribution in [0, 0.1) is 127 Å². The number of hydrogen-bond donors (Lipinski definition) is 0. The van der Waals surface area contributed by atoms with E-state index in [1.807, 2.05) is 24.3 Å². The smallest absolute Gasteiger partial charge is 0.359 e. The predicted molar refractivity (Wildman–Crippen MR) is 561 cm³/mol. The third-order valence-electron chi connectivity index (χ3n) is 21.5. The number of aryl methyl sites for hydroxylation is 9. The summed E-state index contributed by atoms with van der Waals surface area (Å²) in [6.07, 6.45) is 0. The second-order valence-electron chi connectivity index (χ2n) is 32.7. The Morgan fingerprint density at radius 1 is 0.120 bits per heavy atom. The fourth-order valence-electron chi connectivity index (χ4n) is 13.8. The molecule has 21 aromatic carbocycles. The van der Waals surface area contributed by atoms with E-state index in [9.17, 15) is 0 Å². The lowest BCUT2D eigenvalue weighted by Crippen LogP contribution is -3.61. The zero-order valence-corrected chi connectivity index (χ0v) is 101. The summed E-state index contributed by atoms with van der Waals surface area (Å²) in [7, 11) is 3.39. The van der Waals surface area contributed by atoms with Crippen molar-refractivity contribution in [1.29, 1.82) is 0 Å². The molecule has 0 N–H and O–H groups in total.